The molecule has 0 atom stereocenters. The third kappa shape index (κ3) is 3.62. The number of nitro benzene ring substituents is 1. The van der Waals surface area contributed by atoms with Crippen LogP contribution in [0, 0.1) is 10.1 Å². The number of thioether (sulfide) groups is 1. The molecule has 1 amide bonds. The molecule has 1 heterocycles. The normalized spacial score (nSPS) is 15.9. The highest BCUT2D eigenvalue weighted by Gasteiger charge is 2.33. The van der Waals surface area contributed by atoms with Gasteiger partial charge in [-0.05, 0) is 29.7 Å². The van der Waals surface area contributed by atoms with E-state index in [9.17, 15) is 14.9 Å². The SMILES string of the molecule is CCc1ccc(C=C2SC(=S)N(c3cccc([N+](=O)[O-])c3)C2=O)cc1. The standard InChI is InChI=1S/C18H14N2O3S2/c1-2-12-6-8-13(9-7-12)10-16-17(21)19(18(24)25-16)14-4-3-5-15(11-14)20(22)23/h3-11H,2H2,1H3. The van der Waals surface area contributed by atoms with E-state index in [1.807, 2.05) is 24.3 Å². The van der Waals surface area contributed by atoms with Gasteiger partial charge in [-0.2, -0.15) is 0 Å². The van der Waals surface area contributed by atoms with E-state index in [2.05, 4.69) is 6.92 Å². The quantitative estimate of drug-likeness (QED) is 0.342. The first-order valence-corrected chi connectivity index (χ1v) is 8.83. The summed E-state index contributed by atoms with van der Waals surface area (Å²) in [6.45, 7) is 2.08. The Kier molecular flexibility index (Phi) is 4.96. The number of thiocarbonyl (C=S) groups is 1. The smallest absolute Gasteiger partial charge is 0.268 e. The molecule has 2 aromatic rings. The first-order valence-electron chi connectivity index (χ1n) is 7.61. The van der Waals surface area contributed by atoms with E-state index in [4.69, 9.17) is 12.2 Å². The fourth-order valence-electron chi connectivity index (χ4n) is 2.44. The first-order chi connectivity index (χ1) is 12.0. The van der Waals surface area contributed by atoms with Gasteiger partial charge in [-0.25, -0.2) is 0 Å². The van der Waals surface area contributed by atoms with E-state index in [1.165, 1.54) is 34.4 Å². The van der Waals surface area contributed by atoms with Crippen LogP contribution in [0.4, 0.5) is 11.4 Å². The second-order valence-corrected chi connectivity index (χ2v) is 7.06. The highest BCUT2D eigenvalue weighted by molar-refractivity contribution is 8.27. The lowest BCUT2D eigenvalue weighted by Gasteiger charge is -2.13. The van der Waals surface area contributed by atoms with Crippen LogP contribution in [-0.2, 0) is 11.2 Å². The van der Waals surface area contributed by atoms with Crippen LogP contribution in [0.3, 0.4) is 0 Å². The Hall–Kier alpha value is -2.51. The van der Waals surface area contributed by atoms with Gasteiger partial charge in [0, 0.05) is 12.1 Å². The summed E-state index contributed by atoms with van der Waals surface area (Å²) in [5, 5.41) is 10.9. The molecule has 0 radical (unpaired) electrons. The number of benzene rings is 2. The number of carbonyl (C=O) groups is 1. The number of rotatable bonds is 4. The monoisotopic (exact) mass is 370 g/mol. The van der Waals surface area contributed by atoms with Crippen molar-refractivity contribution in [2.24, 2.45) is 0 Å². The maximum atomic E-state index is 12.7. The van der Waals surface area contributed by atoms with Gasteiger partial charge in [0.2, 0.25) is 0 Å². The molecule has 0 saturated carbocycles. The van der Waals surface area contributed by atoms with Crippen LogP contribution in [0.2, 0.25) is 0 Å². The van der Waals surface area contributed by atoms with Crippen LogP contribution in [0.15, 0.2) is 53.4 Å². The van der Waals surface area contributed by atoms with Crippen molar-refractivity contribution in [2.75, 3.05) is 4.90 Å². The summed E-state index contributed by atoms with van der Waals surface area (Å²) in [5.41, 5.74) is 2.46. The van der Waals surface area contributed by atoms with Gasteiger partial charge in [0.15, 0.2) is 4.32 Å². The maximum Gasteiger partial charge on any atom is 0.271 e. The van der Waals surface area contributed by atoms with Gasteiger partial charge in [0.1, 0.15) is 0 Å². The fourth-order valence-corrected chi connectivity index (χ4v) is 3.74. The van der Waals surface area contributed by atoms with E-state index < -0.39 is 4.92 Å². The number of carbonyl (C=O) groups excluding carboxylic acids is 1. The lowest BCUT2D eigenvalue weighted by molar-refractivity contribution is -0.384. The molecule has 0 N–H and O–H groups in total. The van der Waals surface area contributed by atoms with Crippen molar-refractivity contribution < 1.29 is 9.72 Å². The second-order valence-electron chi connectivity index (χ2n) is 5.39. The topological polar surface area (TPSA) is 63.4 Å². The molecular weight excluding hydrogens is 356 g/mol. The van der Waals surface area contributed by atoms with Gasteiger partial charge >= 0.3 is 0 Å². The molecule has 3 rings (SSSR count). The molecule has 1 fully saturated rings. The van der Waals surface area contributed by atoms with Crippen molar-refractivity contribution in [1.82, 2.24) is 0 Å². The average molecular weight is 370 g/mol. The van der Waals surface area contributed by atoms with Gasteiger partial charge in [-0.1, -0.05) is 61.2 Å². The van der Waals surface area contributed by atoms with E-state index in [0.29, 0.717) is 14.9 Å². The van der Waals surface area contributed by atoms with Crippen LogP contribution in [0.5, 0.6) is 0 Å². The summed E-state index contributed by atoms with van der Waals surface area (Å²) in [5.74, 6) is -0.268. The molecule has 1 aliphatic heterocycles. The summed E-state index contributed by atoms with van der Waals surface area (Å²) in [7, 11) is 0. The zero-order valence-corrected chi connectivity index (χ0v) is 15.0. The van der Waals surface area contributed by atoms with E-state index in [0.717, 1.165) is 12.0 Å². The lowest BCUT2D eigenvalue weighted by atomic mass is 10.1. The van der Waals surface area contributed by atoms with Gasteiger partial charge in [-0.15, -0.1) is 0 Å². The fraction of sp³-hybridized carbons (Fsp3) is 0.111. The number of aryl methyl sites for hydroxylation is 1. The molecule has 0 spiro atoms. The Balaban J connectivity index is 1.90. The number of nitro groups is 1. The Bertz CT molecular complexity index is 891. The van der Waals surface area contributed by atoms with Gasteiger partial charge in [-0.3, -0.25) is 19.8 Å². The van der Waals surface area contributed by atoms with Crippen LogP contribution in [-0.4, -0.2) is 15.2 Å². The summed E-state index contributed by atoms with van der Waals surface area (Å²) >= 11 is 6.49. The van der Waals surface area contributed by atoms with E-state index in [1.54, 1.807) is 18.2 Å². The number of amides is 1. The average Bonchev–Trinajstić information content (AvgIpc) is 2.89. The number of anilines is 1. The lowest BCUT2D eigenvalue weighted by Crippen LogP contribution is -2.27. The van der Waals surface area contributed by atoms with Gasteiger partial charge in [0.25, 0.3) is 11.6 Å². The van der Waals surface area contributed by atoms with Crippen molar-refractivity contribution in [3.05, 3.63) is 74.7 Å². The van der Waals surface area contributed by atoms with Crippen molar-refractivity contribution >= 4 is 51.7 Å². The minimum atomic E-state index is -0.494. The number of hydrogen-bond acceptors (Lipinski definition) is 5. The highest BCUT2D eigenvalue weighted by Crippen LogP contribution is 2.36. The molecule has 0 unspecified atom stereocenters. The predicted molar refractivity (Wildman–Crippen MR) is 105 cm³/mol. The molecule has 126 valence electrons. The molecule has 1 aliphatic rings. The largest absolute Gasteiger partial charge is 0.271 e. The molecule has 25 heavy (non-hydrogen) atoms. The first kappa shape index (κ1) is 17.3. The minimum Gasteiger partial charge on any atom is -0.268 e. The van der Waals surface area contributed by atoms with Crippen LogP contribution >= 0.6 is 24.0 Å². The molecule has 0 bridgehead atoms. The third-order valence-corrected chi connectivity index (χ3v) is 5.08. The summed E-state index contributed by atoms with van der Waals surface area (Å²) in [6.07, 6.45) is 2.74. The predicted octanol–water partition coefficient (Wildman–Crippen LogP) is 4.56. The van der Waals surface area contributed by atoms with Gasteiger partial charge < -0.3 is 0 Å². The molecule has 7 heteroatoms. The van der Waals surface area contributed by atoms with Crippen LogP contribution in [0.25, 0.3) is 6.08 Å². The van der Waals surface area contributed by atoms with Crippen molar-refractivity contribution in [3.63, 3.8) is 0 Å². The Morgan fingerprint density at radius 1 is 1.24 bits per heavy atom. The summed E-state index contributed by atoms with van der Waals surface area (Å²) in [6, 6.07) is 13.9. The summed E-state index contributed by atoms with van der Waals surface area (Å²) < 4.78 is 0.363. The van der Waals surface area contributed by atoms with Crippen molar-refractivity contribution in [3.8, 4) is 0 Å². The molecular formula is C18H14N2O3S2. The Labute approximate surface area is 154 Å². The van der Waals surface area contributed by atoms with Crippen molar-refractivity contribution in [1.29, 1.82) is 0 Å². The maximum absolute atomic E-state index is 12.7. The zero-order valence-electron chi connectivity index (χ0n) is 13.3. The Morgan fingerprint density at radius 3 is 2.60 bits per heavy atom. The molecule has 0 aliphatic carbocycles. The number of nitrogens with zero attached hydrogens (tertiary/aromatic N) is 2. The number of non-ortho nitro benzene ring substituents is 1. The molecule has 5 nitrogen and oxygen atoms in total. The van der Waals surface area contributed by atoms with Crippen molar-refractivity contribution in [2.45, 2.75) is 13.3 Å². The zero-order chi connectivity index (χ0) is 18.0. The Morgan fingerprint density at radius 2 is 1.96 bits per heavy atom. The van der Waals surface area contributed by atoms with E-state index in [-0.39, 0.29) is 11.6 Å². The molecule has 0 aromatic heterocycles. The second kappa shape index (κ2) is 7.16. The third-order valence-electron chi connectivity index (χ3n) is 3.78. The summed E-state index contributed by atoms with van der Waals surface area (Å²) in [4.78, 5) is 25.0. The molecule has 2 aromatic carbocycles. The van der Waals surface area contributed by atoms with Crippen LogP contribution < -0.4 is 4.90 Å². The van der Waals surface area contributed by atoms with Gasteiger partial charge in [0.05, 0.1) is 15.5 Å². The van der Waals surface area contributed by atoms with E-state index >= 15 is 0 Å². The number of hydrogen-bond donors (Lipinski definition) is 0. The highest BCUT2D eigenvalue weighted by atomic mass is 32.2. The molecule has 1 saturated heterocycles. The van der Waals surface area contributed by atoms with Crippen LogP contribution in [0.1, 0.15) is 18.1 Å². The minimum absolute atomic E-state index is 0.0781.